The van der Waals surface area contributed by atoms with Crippen molar-refractivity contribution in [1.82, 2.24) is 5.32 Å². The smallest absolute Gasteiger partial charge is 0.221 e. The maximum atomic E-state index is 10.9. The Balaban J connectivity index is 3.15. The molecule has 3 N–H and O–H groups in total. The summed E-state index contributed by atoms with van der Waals surface area (Å²) < 4.78 is 0. The second kappa shape index (κ2) is 8.83. The zero-order chi connectivity index (χ0) is 9.94. The van der Waals surface area contributed by atoms with E-state index in [4.69, 9.17) is 11.3 Å². The van der Waals surface area contributed by atoms with Crippen LogP contribution in [0.4, 0.5) is 0 Å². The van der Waals surface area contributed by atoms with Crippen molar-refractivity contribution in [2.24, 2.45) is 10.8 Å². The Bertz CT molecular complexity index is 187. The molecule has 0 aromatic carbocycles. The molecule has 0 aromatic rings. The molecule has 0 aromatic heterocycles. The first-order chi connectivity index (χ1) is 6.31. The Morgan fingerprint density at radius 2 is 2.31 bits per heavy atom. The molecular weight excluding hydrogens is 170 g/mol. The molecule has 0 aliphatic rings. The Morgan fingerprint density at radius 1 is 1.54 bits per heavy atom. The number of nitrogens with two attached hydrogens (primary N) is 1. The molecule has 0 atom stereocenters. The zero-order valence-corrected chi connectivity index (χ0v) is 7.57. The molecule has 0 fully saturated rings. The molecule has 0 spiro atoms. The molecule has 0 unspecified atom stereocenters. The molecule has 0 aliphatic heterocycles. The molecule has 0 radical (unpaired) electrons. The summed E-state index contributed by atoms with van der Waals surface area (Å²) in [4.78, 5) is 13.5. The van der Waals surface area contributed by atoms with Crippen molar-refractivity contribution in [2.75, 3.05) is 19.6 Å². The molecule has 0 saturated heterocycles. The van der Waals surface area contributed by atoms with E-state index in [1.54, 1.807) is 0 Å². The van der Waals surface area contributed by atoms with Crippen LogP contribution in [-0.2, 0) is 4.79 Å². The molecule has 0 rings (SSSR count). The Hall–Kier alpha value is -1.26. The van der Waals surface area contributed by atoms with Crippen LogP contribution in [0.2, 0.25) is 0 Å². The van der Waals surface area contributed by atoms with Gasteiger partial charge in [0.15, 0.2) is 0 Å². The van der Waals surface area contributed by atoms with E-state index in [-0.39, 0.29) is 5.91 Å². The van der Waals surface area contributed by atoms with Gasteiger partial charge in [-0.1, -0.05) is 5.11 Å². The zero-order valence-electron chi connectivity index (χ0n) is 7.57. The number of hydrogen-bond donors (Lipinski definition) is 2. The highest BCUT2D eigenvalue weighted by atomic mass is 16.1. The lowest BCUT2D eigenvalue weighted by Crippen LogP contribution is -2.26. The fraction of sp³-hybridized carbons (Fsp3) is 0.857. The summed E-state index contributed by atoms with van der Waals surface area (Å²) in [5.41, 5.74) is 13.1. The minimum Gasteiger partial charge on any atom is -0.356 e. The summed E-state index contributed by atoms with van der Waals surface area (Å²) in [6.07, 6.45) is 2.00. The van der Waals surface area contributed by atoms with E-state index >= 15 is 0 Å². The van der Waals surface area contributed by atoms with Crippen LogP contribution in [0.1, 0.15) is 19.3 Å². The number of amides is 1. The highest BCUT2D eigenvalue weighted by molar-refractivity contribution is 5.75. The van der Waals surface area contributed by atoms with Gasteiger partial charge in [0.2, 0.25) is 5.91 Å². The van der Waals surface area contributed by atoms with Crippen molar-refractivity contribution in [2.45, 2.75) is 19.3 Å². The van der Waals surface area contributed by atoms with E-state index in [2.05, 4.69) is 15.3 Å². The number of nitrogens with one attached hydrogen (secondary N) is 1. The summed E-state index contributed by atoms with van der Waals surface area (Å²) in [7, 11) is 0. The van der Waals surface area contributed by atoms with Gasteiger partial charge in [-0.3, -0.25) is 4.79 Å². The predicted molar refractivity (Wildman–Crippen MR) is 49.9 cm³/mol. The van der Waals surface area contributed by atoms with Crippen molar-refractivity contribution < 1.29 is 4.79 Å². The van der Waals surface area contributed by atoms with Gasteiger partial charge in [0.05, 0.1) is 0 Å². The second-order valence-corrected chi connectivity index (χ2v) is 2.55. The van der Waals surface area contributed by atoms with Gasteiger partial charge in [0, 0.05) is 31.0 Å². The van der Waals surface area contributed by atoms with Crippen LogP contribution in [0.3, 0.4) is 0 Å². The largest absolute Gasteiger partial charge is 0.356 e. The van der Waals surface area contributed by atoms with Crippen molar-refractivity contribution >= 4 is 5.91 Å². The van der Waals surface area contributed by atoms with Gasteiger partial charge in [-0.25, -0.2) is 0 Å². The highest BCUT2D eigenvalue weighted by Crippen LogP contribution is 1.88. The maximum Gasteiger partial charge on any atom is 0.221 e. The predicted octanol–water partition coefficient (Wildman–Crippen LogP) is 0.542. The normalized spacial score (nSPS) is 9.00. The summed E-state index contributed by atoms with van der Waals surface area (Å²) >= 11 is 0. The molecular formula is C7H15N5O. The summed E-state index contributed by atoms with van der Waals surface area (Å²) in [5.74, 6) is -0.0220. The topological polar surface area (TPSA) is 104 Å². The van der Waals surface area contributed by atoms with Crippen LogP contribution in [0.5, 0.6) is 0 Å². The maximum absolute atomic E-state index is 10.9. The van der Waals surface area contributed by atoms with Gasteiger partial charge in [-0.2, -0.15) is 0 Å². The molecule has 1 amide bonds. The van der Waals surface area contributed by atoms with Gasteiger partial charge < -0.3 is 11.1 Å². The molecule has 6 nitrogen and oxygen atoms in total. The summed E-state index contributed by atoms with van der Waals surface area (Å²) in [6, 6.07) is 0. The second-order valence-electron chi connectivity index (χ2n) is 2.55. The lowest BCUT2D eigenvalue weighted by atomic mass is 10.3. The number of azide groups is 1. The average molecular weight is 185 g/mol. The Labute approximate surface area is 77.1 Å². The van der Waals surface area contributed by atoms with Gasteiger partial charge in [-0.05, 0) is 18.4 Å². The molecule has 0 aliphatic carbocycles. The first-order valence-corrected chi connectivity index (χ1v) is 4.29. The van der Waals surface area contributed by atoms with Gasteiger partial charge in [0.1, 0.15) is 0 Å². The van der Waals surface area contributed by atoms with Crippen molar-refractivity contribution in [3.05, 3.63) is 10.4 Å². The minimum absolute atomic E-state index is 0.0220. The number of rotatable bonds is 7. The fourth-order valence-electron chi connectivity index (χ4n) is 0.800. The Morgan fingerprint density at radius 3 is 2.92 bits per heavy atom. The van der Waals surface area contributed by atoms with Crippen molar-refractivity contribution in [1.29, 1.82) is 0 Å². The molecule has 0 saturated carbocycles. The third kappa shape index (κ3) is 8.65. The standard InChI is InChI=1S/C7H15N5O/c8-4-3-7(13)10-5-1-2-6-11-12-9/h1-6,8H2,(H,10,13). The van der Waals surface area contributed by atoms with E-state index in [0.29, 0.717) is 26.1 Å². The number of carbonyl (C=O) groups excluding carboxylic acids is 1. The quantitative estimate of drug-likeness (QED) is 0.261. The van der Waals surface area contributed by atoms with Crippen molar-refractivity contribution in [3.63, 3.8) is 0 Å². The van der Waals surface area contributed by atoms with Gasteiger partial charge in [-0.15, -0.1) is 0 Å². The number of nitrogens with zero attached hydrogens (tertiary/aromatic N) is 3. The number of unbranched alkanes of at least 4 members (excludes halogenated alkanes) is 1. The van der Waals surface area contributed by atoms with Crippen molar-refractivity contribution in [3.8, 4) is 0 Å². The molecule has 74 valence electrons. The number of carbonyl (C=O) groups is 1. The van der Waals surface area contributed by atoms with Gasteiger partial charge in [0.25, 0.3) is 0 Å². The SMILES string of the molecule is [N-]=[N+]=NCCCCNC(=O)CCN. The third-order valence-electron chi connectivity index (χ3n) is 1.44. The monoisotopic (exact) mass is 185 g/mol. The van der Waals surface area contributed by atoms with Crippen LogP contribution >= 0.6 is 0 Å². The molecule has 0 bridgehead atoms. The highest BCUT2D eigenvalue weighted by Gasteiger charge is 1.96. The minimum atomic E-state index is -0.0220. The summed E-state index contributed by atoms with van der Waals surface area (Å²) in [5, 5.41) is 6.08. The molecule has 6 heteroatoms. The van der Waals surface area contributed by atoms with E-state index in [1.165, 1.54) is 0 Å². The third-order valence-corrected chi connectivity index (χ3v) is 1.44. The average Bonchev–Trinajstić information content (AvgIpc) is 2.11. The van der Waals surface area contributed by atoms with E-state index < -0.39 is 0 Å². The number of hydrogen-bond acceptors (Lipinski definition) is 3. The first kappa shape index (κ1) is 11.7. The summed E-state index contributed by atoms with van der Waals surface area (Å²) in [6.45, 7) is 1.49. The van der Waals surface area contributed by atoms with Crippen LogP contribution < -0.4 is 11.1 Å². The van der Waals surface area contributed by atoms with E-state index in [0.717, 1.165) is 12.8 Å². The molecule has 0 heterocycles. The van der Waals surface area contributed by atoms with E-state index in [1.807, 2.05) is 0 Å². The fourth-order valence-corrected chi connectivity index (χ4v) is 0.800. The van der Waals surface area contributed by atoms with Crippen LogP contribution in [0.25, 0.3) is 10.4 Å². The van der Waals surface area contributed by atoms with Crippen LogP contribution in [0, 0.1) is 0 Å². The lowest BCUT2D eigenvalue weighted by molar-refractivity contribution is -0.120. The van der Waals surface area contributed by atoms with E-state index in [9.17, 15) is 4.79 Å². The Kier molecular flexibility index (Phi) is 7.98. The molecule has 13 heavy (non-hydrogen) atoms. The lowest BCUT2D eigenvalue weighted by Gasteiger charge is -2.02. The van der Waals surface area contributed by atoms with Crippen LogP contribution in [0.15, 0.2) is 5.11 Å². The van der Waals surface area contributed by atoms with Crippen LogP contribution in [-0.4, -0.2) is 25.5 Å². The first-order valence-electron chi connectivity index (χ1n) is 4.29. The van der Waals surface area contributed by atoms with Gasteiger partial charge >= 0.3 is 0 Å².